The van der Waals surface area contributed by atoms with Gasteiger partial charge in [0, 0.05) is 27.7 Å². The Hall–Kier alpha value is -1.80. The van der Waals surface area contributed by atoms with Gasteiger partial charge in [-0.2, -0.15) is 0 Å². The molecule has 0 spiro atoms. The molecule has 0 atom stereocenters. The van der Waals surface area contributed by atoms with Gasteiger partial charge < -0.3 is 4.98 Å². The molecule has 1 heterocycles. The molecule has 2 aromatic carbocycles. The van der Waals surface area contributed by atoms with Crippen molar-refractivity contribution in [3.8, 4) is 0 Å². The summed E-state index contributed by atoms with van der Waals surface area (Å²) < 4.78 is 0. The predicted molar refractivity (Wildman–Crippen MR) is 75.6 cm³/mol. The molecular weight excluding hydrogens is 246 g/mol. The van der Waals surface area contributed by atoms with Gasteiger partial charge in [0.15, 0.2) is 6.29 Å². The van der Waals surface area contributed by atoms with Crippen LogP contribution in [0.15, 0.2) is 36.4 Å². The zero-order chi connectivity index (χ0) is 12.5. The maximum Gasteiger partial charge on any atom is 0.152 e. The van der Waals surface area contributed by atoms with Crippen molar-refractivity contribution >= 4 is 39.7 Å². The Labute approximate surface area is 110 Å². The molecule has 2 nitrogen and oxygen atoms in total. The molecular formula is C15H12ClNO. The van der Waals surface area contributed by atoms with Crippen molar-refractivity contribution in [2.24, 2.45) is 0 Å². The summed E-state index contributed by atoms with van der Waals surface area (Å²) in [5.74, 6) is 0.520. The van der Waals surface area contributed by atoms with Gasteiger partial charge in [0.1, 0.15) is 0 Å². The average molecular weight is 258 g/mol. The van der Waals surface area contributed by atoms with Crippen LogP contribution in [0.25, 0.3) is 21.8 Å². The molecule has 0 aliphatic carbocycles. The third-order valence-corrected chi connectivity index (χ3v) is 3.48. The number of hydrogen-bond donors (Lipinski definition) is 1. The second kappa shape index (κ2) is 4.46. The number of carbonyl (C=O) groups excluding carboxylic acids is 1. The lowest BCUT2D eigenvalue weighted by molar-refractivity contribution is 0.112. The fourth-order valence-corrected chi connectivity index (χ4v) is 2.64. The molecule has 3 aromatic rings. The Morgan fingerprint density at radius 1 is 1.11 bits per heavy atom. The summed E-state index contributed by atoms with van der Waals surface area (Å²) in [6.45, 7) is 0. The second-order valence-corrected chi connectivity index (χ2v) is 4.67. The molecule has 0 radical (unpaired) electrons. The minimum Gasteiger partial charge on any atom is -0.354 e. The number of aryl methyl sites for hydroxylation is 1. The zero-order valence-corrected chi connectivity index (χ0v) is 10.5. The van der Waals surface area contributed by atoms with Gasteiger partial charge in [-0.3, -0.25) is 4.79 Å². The Morgan fingerprint density at radius 3 is 2.72 bits per heavy atom. The molecule has 0 aliphatic rings. The molecule has 0 saturated heterocycles. The summed E-state index contributed by atoms with van der Waals surface area (Å²) >= 11 is 5.77. The minimum absolute atomic E-state index is 0.520. The number of fused-ring (bicyclic) bond motifs is 3. The number of aromatic amines is 1. The maximum absolute atomic E-state index is 11.3. The van der Waals surface area contributed by atoms with E-state index in [1.807, 2.05) is 24.3 Å². The van der Waals surface area contributed by atoms with Crippen molar-refractivity contribution in [2.75, 3.05) is 5.88 Å². The maximum atomic E-state index is 11.3. The van der Waals surface area contributed by atoms with Crippen LogP contribution in [0.2, 0.25) is 0 Å². The summed E-state index contributed by atoms with van der Waals surface area (Å²) in [5, 5.41) is 2.24. The monoisotopic (exact) mass is 257 g/mol. The van der Waals surface area contributed by atoms with Crippen LogP contribution in [-0.4, -0.2) is 17.2 Å². The van der Waals surface area contributed by atoms with E-state index in [9.17, 15) is 4.79 Å². The highest BCUT2D eigenvalue weighted by Gasteiger charge is 2.11. The Morgan fingerprint density at radius 2 is 1.94 bits per heavy atom. The van der Waals surface area contributed by atoms with Gasteiger partial charge in [0.2, 0.25) is 0 Å². The van der Waals surface area contributed by atoms with Crippen molar-refractivity contribution in [2.45, 2.75) is 6.42 Å². The molecule has 18 heavy (non-hydrogen) atoms. The first-order valence-corrected chi connectivity index (χ1v) is 6.42. The highest BCUT2D eigenvalue weighted by atomic mass is 35.5. The van der Waals surface area contributed by atoms with E-state index >= 15 is 0 Å². The van der Waals surface area contributed by atoms with Crippen molar-refractivity contribution in [3.05, 3.63) is 47.5 Å². The van der Waals surface area contributed by atoms with Crippen molar-refractivity contribution < 1.29 is 4.79 Å². The van der Waals surface area contributed by atoms with Gasteiger partial charge in [-0.25, -0.2) is 0 Å². The van der Waals surface area contributed by atoms with E-state index in [2.05, 4.69) is 17.1 Å². The number of benzene rings is 2. The van der Waals surface area contributed by atoms with Crippen LogP contribution in [0.4, 0.5) is 0 Å². The smallest absolute Gasteiger partial charge is 0.152 e. The van der Waals surface area contributed by atoms with Crippen molar-refractivity contribution in [1.29, 1.82) is 0 Å². The number of H-pyrrole nitrogens is 1. The van der Waals surface area contributed by atoms with E-state index in [4.69, 9.17) is 11.6 Å². The summed E-state index contributed by atoms with van der Waals surface area (Å²) in [6, 6.07) is 12.1. The average Bonchev–Trinajstić information content (AvgIpc) is 2.77. The Kier molecular flexibility index (Phi) is 2.80. The minimum atomic E-state index is 0.520. The fourth-order valence-electron chi connectivity index (χ4n) is 2.44. The number of alkyl halides is 1. The van der Waals surface area contributed by atoms with Crippen molar-refractivity contribution in [3.63, 3.8) is 0 Å². The molecule has 3 rings (SSSR count). The fraction of sp³-hybridized carbons (Fsp3) is 0.133. The van der Waals surface area contributed by atoms with Crippen LogP contribution in [0.3, 0.4) is 0 Å². The van der Waals surface area contributed by atoms with E-state index in [0.29, 0.717) is 12.3 Å². The third kappa shape index (κ3) is 1.61. The number of para-hydroxylation sites is 1. The van der Waals surface area contributed by atoms with E-state index in [-0.39, 0.29) is 0 Å². The number of aldehydes is 1. The van der Waals surface area contributed by atoms with Crippen LogP contribution < -0.4 is 0 Å². The first-order valence-electron chi connectivity index (χ1n) is 5.88. The molecule has 0 fully saturated rings. The van der Waals surface area contributed by atoms with Gasteiger partial charge in [-0.05, 0) is 18.1 Å². The highest BCUT2D eigenvalue weighted by Crippen LogP contribution is 2.28. The van der Waals surface area contributed by atoms with Crippen LogP contribution in [0.1, 0.15) is 15.9 Å². The topological polar surface area (TPSA) is 32.9 Å². The number of nitrogens with one attached hydrogen (secondary N) is 1. The number of rotatable bonds is 3. The normalized spacial score (nSPS) is 11.2. The number of aromatic nitrogens is 1. The zero-order valence-electron chi connectivity index (χ0n) is 9.74. The van der Waals surface area contributed by atoms with Gasteiger partial charge in [0.25, 0.3) is 0 Å². The quantitative estimate of drug-likeness (QED) is 0.560. The van der Waals surface area contributed by atoms with Crippen LogP contribution in [-0.2, 0) is 6.42 Å². The summed E-state index contributed by atoms with van der Waals surface area (Å²) in [7, 11) is 0. The lowest BCUT2D eigenvalue weighted by Gasteiger charge is -2.03. The molecule has 1 N–H and O–H groups in total. The molecule has 0 bridgehead atoms. The first-order chi connectivity index (χ1) is 8.85. The number of carbonyl (C=O) groups is 1. The summed E-state index contributed by atoms with van der Waals surface area (Å²) in [4.78, 5) is 14.7. The molecule has 0 unspecified atom stereocenters. The molecule has 90 valence electrons. The highest BCUT2D eigenvalue weighted by molar-refractivity contribution is 6.18. The first kappa shape index (κ1) is 11.3. The van der Waals surface area contributed by atoms with E-state index in [0.717, 1.165) is 39.2 Å². The molecule has 0 saturated carbocycles. The van der Waals surface area contributed by atoms with Crippen LogP contribution in [0.5, 0.6) is 0 Å². The molecule has 0 aliphatic heterocycles. The van der Waals surface area contributed by atoms with Gasteiger partial charge in [-0.15, -0.1) is 11.6 Å². The van der Waals surface area contributed by atoms with Crippen molar-refractivity contribution in [1.82, 2.24) is 4.98 Å². The van der Waals surface area contributed by atoms with Gasteiger partial charge in [-0.1, -0.05) is 30.3 Å². The predicted octanol–water partition coefficient (Wildman–Crippen LogP) is 3.91. The summed E-state index contributed by atoms with van der Waals surface area (Å²) in [5.41, 5.74) is 3.69. The van der Waals surface area contributed by atoms with Crippen LogP contribution >= 0.6 is 11.6 Å². The van der Waals surface area contributed by atoms with E-state index < -0.39 is 0 Å². The largest absolute Gasteiger partial charge is 0.354 e. The second-order valence-electron chi connectivity index (χ2n) is 4.29. The van der Waals surface area contributed by atoms with Gasteiger partial charge in [0.05, 0.1) is 5.52 Å². The third-order valence-electron chi connectivity index (χ3n) is 3.29. The molecule has 3 heteroatoms. The van der Waals surface area contributed by atoms with E-state index in [1.54, 1.807) is 0 Å². The standard InChI is InChI=1S/C15H12ClNO/c16-8-7-10-5-6-12-11-3-1-2-4-14(11)17-15(12)13(10)9-18/h1-6,9,17H,7-8H2. The Bertz CT molecular complexity index is 730. The number of halogens is 1. The van der Waals surface area contributed by atoms with E-state index in [1.165, 1.54) is 0 Å². The lowest BCUT2D eigenvalue weighted by Crippen LogP contribution is -1.95. The van der Waals surface area contributed by atoms with Crippen LogP contribution in [0, 0.1) is 0 Å². The Balaban J connectivity index is 2.40. The number of hydrogen-bond acceptors (Lipinski definition) is 1. The SMILES string of the molecule is O=Cc1c(CCCl)ccc2c1[nH]c1ccccc12. The molecule has 0 amide bonds. The summed E-state index contributed by atoms with van der Waals surface area (Å²) in [6.07, 6.45) is 1.63. The van der Waals surface area contributed by atoms with Gasteiger partial charge >= 0.3 is 0 Å². The lowest BCUT2D eigenvalue weighted by atomic mass is 10.0. The molecule has 1 aromatic heterocycles.